The molecule has 1 aromatic carbocycles. The number of carbonyl (C=O) groups excluding carboxylic acids is 1. The van der Waals surface area contributed by atoms with Crippen LogP contribution in [0.4, 0.5) is 11.4 Å². The van der Waals surface area contributed by atoms with Crippen molar-refractivity contribution in [2.75, 3.05) is 17.2 Å². The number of hydrogen-bond donors (Lipinski definition) is 2. The fraction of sp³-hybridized carbons (Fsp3) is 0.200. The number of nitrogens with one attached hydrogen (secondary N) is 2. The molecule has 0 saturated heterocycles. The maximum Gasteiger partial charge on any atom is 0.255 e. The highest BCUT2D eigenvalue weighted by molar-refractivity contribution is 6.05. The monoisotopic (exact) mass is 253 g/mol. The molecule has 3 rings (SSSR count). The van der Waals surface area contributed by atoms with E-state index in [1.165, 1.54) is 5.56 Å². The van der Waals surface area contributed by atoms with E-state index in [9.17, 15) is 4.79 Å². The molecule has 96 valence electrons. The Morgan fingerprint density at radius 1 is 1.37 bits per heavy atom. The first-order valence-corrected chi connectivity index (χ1v) is 6.34. The number of fused-ring (bicyclic) bond motifs is 1. The lowest BCUT2D eigenvalue weighted by atomic mass is 10.1. The summed E-state index contributed by atoms with van der Waals surface area (Å²) in [5, 5.41) is 6.17. The Morgan fingerprint density at radius 2 is 2.26 bits per heavy atom. The molecule has 0 atom stereocenters. The van der Waals surface area contributed by atoms with Crippen molar-refractivity contribution in [3.63, 3.8) is 0 Å². The molecule has 1 aromatic heterocycles. The number of pyridine rings is 1. The molecule has 0 saturated carbocycles. The standard InChI is InChI=1S/C15H15N3O/c1-10-13(3-2-7-16-10)18-15(19)12-5-4-11-6-8-17-14(11)9-12/h2-5,7,9,17H,6,8H2,1H3,(H,18,19). The van der Waals surface area contributed by atoms with E-state index in [0.717, 1.165) is 30.0 Å². The van der Waals surface area contributed by atoms with Gasteiger partial charge >= 0.3 is 0 Å². The molecule has 2 N–H and O–H groups in total. The van der Waals surface area contributed by atoms with Gasteiger partial charge in [0.2, 0.25) is 0 Å². The predicted octanol–water partition coefficient (Wildman–Crippen LogP) is 2.61. The number of carbonyl (C=O) groups is 1. The van der Waals surface area contributed by atoms with Gasteiger partial charge in [-0.15, -0.1) is 0 Å². The van der Waals surface area contributed by atoms with E-state index in [0.29, 0.717) is 5.56 Å². The fourth-order valence-electron chi connectivity index (χ4n) is 2.24. The third-order valence-corrected chi connectivity index (χ3v) is 3.34. The highest BCUT2D eigenvalue weighted by Crippen LogP contribution is 2.23. The van der Waals surface area contributed by atoms with Gasteiger partial charge in [0.15, 0.2) is 0 Å². The Balaban J connectivity index is 1.83. The van der Waals surface area contributed by atoms with Crippen LogP contribution in [0.25, 0.3) is 0 Å². The number of aromatic nitrogens is 1. The summed E-state index contributed by atoms with van der Waals surface area (Å²) in [5.74, 6) is -0.104. The Morgan fingerprint density at radius 3 is 3.11 bits per heavy atom. The van der Waals surface area contributed by atoms with Crippen molar-refractivity contribution in [1.82, 2.24) is 4.98 Å². The summed E-state index contributed by atoms with van der Waals surface area (Å²) >= 11 is 0. The highest BCUT2D eigenvalue weighted by atomic mass is 16.1. The van der Waals surface area contributed by atoms with E-state index in [2.05, 4.69) is 15.6 Å². The summed E-state index contributed by atoms with van der Waals surface area (Å²) in [5.41, 5.74) is 4.57. The summed E-state index contributed by atoms with van der Waals surface area (Å²) < 4.78 is 0. The number of nitrogens with zero attached hydrogens (tertiary/aromatic N) is 1. The van der Waals surface area contributed by atoms with Crippen molar-refractivity contribution in [3.8, 4) is 0 Å². The van der Waals surface area contributed by atoms with E-state index in [1.807, 2.05) is 37.3 Å². The molecule has 0 spiro atoms. The molecule has 0 unspecified atom stereocenters. The molecular formula is C15H15N3O. The minimum Gasteiger partial charge on any atom is -0.384 e. The van der Waals surface area contributed by atoms with Crippen LogP contribution in [0.3, 0.4) is 0 Å². The minimum atomic E-state index is -0.104. The number of rotatable bonds is 2. The summed E-state index contributed by atoms with van der Waals surface area (Å²) in [6, 6.07) is 9.45. The molecule has 0 aliphatic carbocycles. The van der Waals surface area contributed by atoms with E-state index in [4.69, 9.17) is 0 Å². The van der Waals surface area contributed by atoms with Crippen molar-refractivity contribution < 1.29 is 4.79 Å². The maximum absolute atomic E-state index is 12.2. The van der Waals surface area contributed by atoms with Crippen LogP contribution in [0.15, 0.2) is 36.5 Å². The third-order valence-electron chi connectivity index (χ3n) is 3.34. The van der Waals surface area contributed by atoms with E-state index in [-0.39, 0.29) is 5.91 Å². The van der Waals surface area contributed by atoms with Crippen molar-refractivity contribution in [3.05, 3.63) is 53.3 Å². The molecule has 0 fully saturated rings. The van der Waals surface area contributed by atoms with Crippen LogP contribution < -0.4 is 10.6 Å². The molecule has 4 heteroatoms. The lowest BCUT2D eigenvalue weighted by Crippen LogP contribution is -2.13. The molecule has 1 aliphatic heterocycles. The molecular weight excluding hydrogens is 238 g/mol. The van der Waals surface area contributed by atoms with Crippen LogP contribution in [0, 0.1) is 6.92 Å². The Bertz CT molecular complexity index is 637. The number of hydrogen-bond acceptors (Lipinski definition) is 3. The van der Waals surface area contributed by atoms with E-state index in [1.54, 1.807) is 6.20 Å². The van der Waals surface area contributed by atoms with Gasteiger partial charge in [0.05, 0.1) is 11.4 Å². The lowest BCUT2D eigenvalue weighted by Gasteiger charge is -2.08. The SMILES string of the molecule is Cc1ncccc1NC(=O)c1ccc2c(c1)NCC2. The average molecular weight is 253 g/mol. The van der Waals surface area contributed by atoms with Crippen LogP contribution >= 0.6 is 0 Å². The first kappa shape index (κ1) is 11.7. The summed E-state index contributed by atoms with van der Waals surface area (Å²) in [6.07, 6.45) is 2.74. The minimum absolute atomic E-state index is 0.104. The number of anilines is 2. The van der Waals surface area contributed by atoms with Crippen LogP contribution in [-0.2, 0) is 6.42 Å². The van der Waals surface area contributed by atoms with E-state index < -0.39 is 0 Å². The van der Waals surface area contributed by atoms with Gasteiger partial charge in [-0.2, -0.15) is 0 Å². The molecule has 19 heavy (non-hydrogen) atoms. The van der Waals surface area contributed by atoms with Crippen molar-refractivity contribution >= 4 is 17.3 Å². The zero-order valence-electron chi connectivity index (χ0n) is 10.7. The van der Waals surface area contributed by atoms with Gasteiger partial charge in [-0.1, -0.05) is 6.07 Å². The third kappa shape index (κ3) is 2.29. The van der Waals surface area contributed by atoms with Crippen LogP contribution in [0.2, 0.25) is 0 Å². The summed E-state index contributed by atoms with van der Waals surface area (Å²) in [6.45, 7) is 2.82. The second-order valence-corrected chi connectivity index (χ2v) is 4.64. The summed E-state index contributed by atoms with van der Waals surface area (Å²) in [4.78, 5) is 16.4. The zero-order valence-corrected chi connectivity index (χ0v) is 10.7. The topological polar surface area (TPSA) is 54.0 Å². The van der Waals surface area contributed by atoms with Gasteiger partial charge in [0, 0.05) is 24.0 Å². The fourth-order valence-corrected chi connectivity index (χ4v) is 2.24. The second kappa shape index (κ2) is 4.72. The Kier molecular flexibility index (Phi) is 2.91. The molecule has 2 aromatic rings. The van der Waals surface area contributed by atoms with Crippen LogP contribution in [-0.4, -0.2) is 17.4 Å². The van der Waals surface area contributed by atoms with Gasteiger partial charge in [-0.3, -0.25) is 9.78 Å². The van der Waals surface area contributed by atoms with Gasteiger partial charge in [0.1, 0.15) is 0 Å². The smallest absolute Gasteiger partial charge is 0.255 e. The van der Waals surface area contributed by atoms with Gasteiger partial charge < -0.3 is 10.6 Å². The Labute approximate surface area is 111 Å². The molecule has 1 amide bonds. The van der Waals surface area contributed by atoms with Crippen LogP contribution in [0.5, 0.6) is 0 Å². The highest BCUT2D eigenvalue weighted by Gasteiger charge is 2.14. The normalized spacial score (nSPS) is 12.7. The largest absolute Gasteiger partial charge is 0.384 e. The van der Waals surface area contributed by atoms with Crippen molar-refractivity contribution in [2.24, 2.45) is 0 Å². The van der Waals surface area contributed by atoms with Gasteiger partial charge in [-0.05, 0) is 43.2 Å². The second-order valence-electron chi connectivity index (χ2n) is 4.64. The first-order chi connectivity index (χ1) is 9.24. The zero-order chi connectivity index (χ0) is 13.2. The van der Waals surface area contributed by atoms with E-state index >= 15 is 0 Å². The molecule has 1 aliphatic rings. The van der Waals surface area contributed by atoms with Gasteiger partial charge in [-0.25, -0.2) is 0 Å². The first-order valence-electron chi connectivity index (χ1n) is 6.34. The van der Waals surface area contributed by atoms with Crippen molar-refractivity contribution in [1.29, 1.82) is 0 Å². The van der Waals surface area contributed by atoms with Crippen molar-refractivity contribution in [2.45, 2.75) is 13.3 Å². The maximum atomic E-state index is 12.2. The lowest BCUT2D eigenvalue weighted by molar-refractivity contribution is 0.102. The number of benzene rings is 1. The number of amides is 1. The van der Waals surface area contributed by atoms with Gasteiger partial charge in [0.25, 0.3) is 5.91 Å². The number of aryl methyl sites for hydroxylation is 1. The molecule has 4 nitrogen and oxygen atoms in total. The molecule has 0 bridgehead atoms. The molecule has 0 radical (unpaired) electrons. The predicted molar refractivity (Wildman–Crippen MR) is 75.6 cm³/mol. The average Bonchev–Trinajstić information content (AvgIpc) is 2.88. The quantitative estimate of drug-likeness (QED) is 0.865. The Hall–Kier alpha value is -2.36. The summed E-state index contributed by atoms with van der Waals surface area (Å²) in [7, 11) is 0. The van der Waals surface area contributed by atoms with Crippen LogP contribution in [0.1, 0.15) is 21.6 Å². The molecule has 2 heterocycles.